The standard InChI is InChI=1S/C15H13FN2/c1-11-4-2-7-14(16)15(11)18-10-13-6-3-5-12(8-13)9-17/h2-8,18H,10H2,1H3. The van der Waals surface area contributed by atoms with Crippen LogP contribution in [0.2, 0.25) is 0 Å². The number of benzene rings is 2. The summed E-state index contributed by atoms with van der Waals surface area (Å²) in [5.74, 6) is -0.258. The molecule has 90 valence electrons. The Balaban J connectivity index is 2.14. The van der Waals surface area contributed by atoms with Gasteiger partial charge in [0.2, 0.25) is 0 Å². The third-order valence-corrected chi connectivity index (χ3v) is 2.75. The lowest BCUT2D eigenvalue weighted by molar-refractivity contribution is 0.629. The van der Waals surface area contributed by atoms with Gasteiger partial charge in [-0.15, -0.1) is 0 Å². The van der Waals surface area contributed by atoms with E-state index in [0.717, 1.165) is 11.1 Å². The van der Waals surface area contributed by atoms with Crippen LogP contribution >= 0.6 is 0 Å². The first-order valence-corrected chi connectivity index (χ1v) is 5.69. The molecule has 0 bridgehead atoms. The average molecular weight is 240 g/mol. The molecular weight excluding hydrogens is 227 g/mol. The van der Waals surface area contributed by atoms with Gasteiger partial charge < -0.3 is 5.32 Å². The third kappa shape index (κ3) is 2.67. The minimum Gasteiger partial charge on any atom is -0.378 e. The van der Waals surface area contributed by atoms with Crippen LogP contribution in [0.4, 0.5) is 10.1 Å². The summed E-state index contributed by atoms with van der Waals surface area (Å²) in [5, 5.41) is 11.9. The Morgan fingerprint density at radius 3 is 2.72 bits per heavy atom. The molecule has 0 saturated carbocycles. The smallest absolute Gasteiger partial charge is 0.146 e. The molecule has 1 N–H and O–H groups in total. The molecular formula is C15H13FN2. The van der Waals surface area contributed by atoms with E-state index in [9.17, 15) is 4.39 Å². The number of nitriles is 1. The summed E-state index contributed by atoms with van der Waals surface area (Å²) in [6.07, 6.45) is 0. The van der Waals surface area contributed by atoms with Crippen LogP contribution in [0.1, 0.15) is 16.7 Å². The Hall–Kier alpha value is -2.34. The highest BCUT2D eigenvalue weighted by atomic mass is 19.1. The van der Waals surface area contributed by atoms with Gasteiger partial charge in [-0.05, 0) is 36.2 Å². The molecule has 0 atom stereocenters. The van der Waals surface area contributed by atoms with Crippen LogP contribution < -0.4 is 5.32 Å². The normalized spacial score (nSPS) is 9.83. The van der Waals surface area contributed by atoms with Crippen LogP contribution in [-0.4, -0.2) is 0 Å². The minimum absolute atomic E-state index is 0.258. The summed E-state index contributed by atoms with van der Waals surface area (Å²) >= 11 is 0. The van der Waals surface area contributed by atoms with E-state index >= 15 is 0 Å². The van der Waals surface area contributed by atoms with Crippen molar-refractivity contribution in [3.8, 4) is 6.07 Å². The van der Waals surface area contributed by atoms with Crippen molar-refractivity contribution in [2.75, 3.05) is 5.32 Å². The molecule has 0 fully saturated rings. The van der Waals surface area contributed by atoms with Crippen LogP contribution in [-0.2, 0) is 6.54 Å². The van der Waals surface area contributed by atoms with Crippen molar-refractivity contribution in [1.82, 2.24) is 0 Å². The molecule has 2 aromatic carbocycles. The van der Waals surface area contributed by atoms with Crippen molar-refractivity contribution >= 4 is 5.69 Å². The molecule has 0 aromatic heterocycles. The summed E-state index contributed by atoms with van der Waals surface area (Å²) in [6.45, 7) is 2.36. The topological polar surface area (TPSA) is 35.8 Å². The number of nitrogens with zero attached hydrogens (tertiary/aromatic N) is 1. The second-order valence-corrected chi connectivity index (χ2v) is 4.10. The maximum Gasteiger partial charge on any atom is 0.146 e. The van der Waals surface area contributed by atoms with Crippen LogP contribution in [0.25, 0.3) is 0 Å². The summed E-state index contributed by atoms with van der Waals surface area (Å²) in [6, 6.07) is 14.3. The van der Waals surface area contributed by atoms with Gasteiger partial charge in [-0.2, -0.15) is 5.26 Å². The van der Waals surface area contributed by atoms with Gasteiger partial charge in [-0.3, -0.25) is 0 Å². The number of hydrogen-bond donors (Lipinski definition) is 1. The van der Waals surface area contributed by atoms with Gasteiger partial charge in [0.15, 0.2) is 0 Å². The second-order valence-electron chi connectivity index (χ2n) is 4.10. The van der Waals surface area contributed by atoms with Crippen molar-refractivity contribution in [2.24, 2.45) is 0 Å². The summed E-state index contributed by atoms with van der Waals surface area (Å²) in [4.78, 5) is 0. The molecule has 0 saturated heterocycles. The Kier molecular flexibility index (Phi) is 3.59. The van der Waals surface area contributed by atoms with E-state index in [-0.39, 0.29) is 5.82 Å². The van der Waals surface area contributed by atoms with E-state index in [0.29, 0.717) is 17.8 Å². The van der Waals surface area contributed by atoms with Crippen molar-refractivity contribution in [3.05, 3.63) is 65.0 Å². The summed E-state index contributed by atoms with van der Waals surface area (Å²) in [7, 11) is 0. The second kappa shape index (κ2) is 5.33. The number of para-hydroxylation sites is 1. The lowest BCUT2D eigenvalue weighted by Crippen LogP contribution is -2.03. The number of aryl methyl sites for hydroxylation is 1. The van der Waals surface area contributed by atoms with E-state index in [4.69, 9.17) is 5.26 Å². The van der Waals surface area contributed by atoms with Crippen LogP contribution in [0, 0.1) is 24.1 Å². The zero-order valence-corrected chi connectivity index (χ0v) is 10.1. The lowest BCUT2D eigenvalue weighted by atomic mass is 10.1. The monoisotopic (exact) mass is 240 g/mol. The molecule has 0 heterocycles. The molecule has 2 rings (SSSR count). The highest BCUT2D eigenvalue weighted by Crippen LogP contribution is 2.19. The highest BCUT2D eigenvalue weighted by molar-refractivity contribution is 5.52. The van der Waals surface area contributed by atoms with Gasteiger partial charge in [0.05, 0.1) is 17.3 Å². The molecule has 0 aliphatic carbocycles. The predicted octanol–water partition coefficient (Wildman–Crippen LogP) is 3.62. The third-order valence-electron chi connectivity index (χ3n) is 2.75. The zero-order chi connectivity index (χ0) is 13.0. The Bertz CT molecular complexity index is 579. The fraction of sp³-hybridized carbons (Fsp3) is 0.133. The van der Waals surface area contributed by atoms with Crippen LogP contribution in [0.3, 0.4) is 0 Å². The molecule has 2 aromatic rings. The van der Waals surface area contributed by atoms with Gasteiger partial charge in [0.25, 0.3) is 0 Å². The number of halogens is 1. The molecule has 0 unspecified atom stereocenters. The predicted molar refractivity (Wildman–Crippen MR) is 69.6 cm³/mol. The van der Waals surface area contributed by atoms with Crippen molar-refractivity contribution in [1.29, 1.82) is 5.26 Å². The first-order chi connectivity index (χ1) is 8.70. The molecule has 0 aliphatic rings. The van der Waals surface area contributed by atoms with Crippen LogP contribution in [0.5, 0.6) is 0 Å². The first kappa shape index (κ1) is 12.1. The van der Waals surface area contributed by atoms with Gasteiger partial charge in [-0.25, -0.2) is 4.39 Å². The molecule has 18 heavy (non-hydrogen) atoms. The van der Waals surface area contributed by atoms with E-state index in [1.165, 1.54) is 6.07 Å². The molecule has 3 heteroatoms. The van der Waals surface area contributed by atoms with Gasteiger partial charge in [0, 0.05) is 6.54 Å². The van der Waals surface area contributed by atoms with Crippen molar-refractivity contribution < 1.29 is 4.39 Å². The molecule has 0 amide bonds. The summed E-state index contributed by atoms with van der Waals surface area (Å²) < 4.78 is 13.6. The van der Waals surface area contributed by atoms with E-state index < -0.39 is 0 Å². The average Bonchev–Trinajstić information content (AvgIpc) is 2.38. The van der Waals surface area contributed by atoms with Crippen molar-refractivity contribution in [3.63, 3.8) is 0 Å². The molecule has 0 radical (unpaired) electrons. The fourth-order valence-corrected chi connectivity index (χ4v) is 1.80. The summed E-state index contributed by atoms with van der Waals surface area (Å²) in [5.41, 5.74) is 2.95. The van der Waals surface area contributed by atoms with Gasteiger partial charge >= 0.3 is 0 Å². The highest BCUT2D eigenvalue weighted by Gasteiger charge is 2.04. The van der Waals surface area contributed by atoms with Crippen molar-refractivity contribution in [2.45, 2.75) is 13.5 Å². The lowest BCUT2D eigenvalue weighted by Gasteiger charge is -2.10. The zero-order valence-electron chi connectivity index (χ0n) is 10.1. The Morgan fingerprint density at radius 1 is 1.22 bits per heavy atom. The fourth-order valence-electron chi connectivity index (χ4n) is 1.80. The minimum atomic E-state index is -0.258. The number of rotatable bonds is 3. The molecule has 2 nitrogen and oxygen atoms in total. The van der Waals surface area contributed by atoms with Gasteiger partial charge in [0.1, 0.15) is 5.82 Å². The largest absolute Gasteiger partial charge is 0.378 e. The molecule has 0 aliphatic heterocycles. The number of anilines is 1. The number of hydrogen-bond acceptors (Lipinski definition) is 2. The van der Waals surface area contributed by atoms with Gasteiger partial charge in [-0.1, -0.05) is 24.3 Å². The van der Waals surface area contributed by atoms with E-state index in [2.05, 4.69) is 11.4 Å². The Labute approximate surface area is 106 Å². The van der Waals surface area contributed by atoms with Crippen LogP contribution in [0.15, 0.2) is 42.5 Å². The van der Waals surface area contributed by atoms with E-state index in [1.807, 2.05) is 25.1 Å². The maximum atomic E-state index is 13.6. The SMILES string of the molecule is Cc1cccc(F)c1NCc1cccc(C#N)c1. The maximum absolute atomic E-state index is 13.6. The number of nitrogens with one attached hydrogen (secondary N) is 1. The Morgan fingerprint density at radius 2 is 2.00 bits per heavy atom. The van der Waals surface area contributed by atoms with E-state index in [1.54, 1.807) is 18.2 Å². The quantitative estimate of drug-likeness (QED) is 0.889. The first-order valence-electron chi connectivity index (χ1n) is 5.69. The molecule has 0 spiro atoms.